The second-order valence-corrected chi connectivity index (χ2v) is 5.71. The highest BCUT2D eigenvalue weighted by atomic mass is 16.1. The maximum Gasteiger partial charge on any atom is 0.269 e. The van der Waals surface area contributed by atoms with Crippen molar-refractivity contribution >= 4 is 5.91 Å². The van der Waals surface area contributed by atoms with Gasteiger partial charge in [-0.2, -0.15) is 5.26 Å². The fourth-order valence-electron chi connectivity index (χ4n) is 2.78. The maximum atomic E-state index is 12.3. The van der Waals surface area contributed by atoms with Gasteiger partial charge in [-0.05, 0) is 35.6 Å². The highest BCUT2D eigenvalue weighted by molar-refractivity contribution is 5.93. The van der Waals surface area contributed by atoms with Crippen molar-refractivity contribution in [3.63, 3.8) is 0 Å². The van der Waals surface area contributed by atoms with Crippen LogP contribution in [0.25, 0.3) is 11.1 Å². The molecule has 0 spiro atoms. The lowest BCUT2D eigenvalue weighted by atomic mass is 10.1. The van der Waals surface area contributed by atoms with Crippen molar-refractivity contribution < 1.29 is 4.79 Å². The Balaban J connectivity index is 1.63. The van der Waals surface area contributed by atoms with Crippen LogP contribution in [-0.2, 0) is 0 Å². The van der Waals surface area contributed by atoms with Gasteiger partial charge in [0.1, 0.15) is 5.69 Å². The number of pyridine rings is 1. The Morgan fingerprint density at radius 1 is 1.30 bits per heavy atom. The van der Waals surface area contributed by atoms with Crippen molar-refractivity contribution in [3.05, 3.63) is 54.4 Å². The Kier molecular flexibility index (Phi) is 4.53. The molecule has 0 aliphatic carbocycles. The fourth-order valence-corrected chi connectivity index (χ4v) is 2.78. The van der Waals surface area contributed by atoms with E-state index in [1.165, 1.54) is 0 Å². The Labute approximate surface area is 135 Å². The molecule has 1 aliphatic heterocycles. The minimum atomic E-state index is -0.168. The van der Waals surface area contributed by atoms with E-state index in [1.807, 2.05) is 36.4 Å². The van der Waals surface area contributed by atoms with Crippen LogP contribution in [0.15, 0.2) is 48.7 Å². The van der Waals surface area contributed by atoms with Crippen LogP contribution in [0.3, 0.4) is 0 Å². The molecule has 0 unspecified atom stereocenters. The molecule has 23 heavy (non-hydrogen) atoms. The largest absolute Gasteiger partial charge is 0.350 e. The molecule has 116 valence electrons. The normalized spacial score (nSPS) is 16.8. The average Bonchev–Trinajstić information content (AvgIpc) is 3.09. The average molecular weight is 306 g/mol. The molecule has 3 rings (SSSR count). The number of benzene rings is 1. The lowest BCUT2D eigenvalue weighted by molar-refractivity contribution is 0.0943. The Morgan fingerprint density at radius 3 is 2.87 bits per heavy atom. The van der Waals surface area contributed by atoms with Crippen molar-refractivity contribution in [1.82, 2.24) is 15.2 Å². The van der Waals surface area contributed by atoms with Crippen LogP contribution in [-0.4, -0.2) is 35.4 Å². The van der Waals surface area contributed by atoms with Crippen molar-refractivity contribution in [2.75, 3.05) is 19.6 Å². The monoisotopic (exact) mass is 306 g/mol. The molecular weight excluding hydrogens is 288 g/mol. The molecule has 0 bridgehead atoms. The number of likely N-dealkylation sites (tertiary alicyclic amines) is 1. The van der Waals surface area contributed by atoms with Gasteiger partial charge >= 0.3 is 0 Å². The molecule has 5 heteroatoms. The summed E-state index contributed by atoms with van der Waals surface area (Å²) in [7, 11) is 0. The molecule has 5 nitrogen and oxygen atoms in total. The third-order valence-electron chi connectivity index (χ3n) is 4.08. The first-order valence-corrected chi connectivity index (χ1v) is 7.70. The molecule has 1 saturated heterocycles. The quantitative estimate of drug-likeness (QED) is 0.880. The lowest BCUT2D eigenvalue weighted by Crippen LogP contribution is -2.30. The van der Waals surface area contributed by atoms with E-state index in [-0.39, 0.29) is 5.91 Å². The summed E-state index contributed by atoms with van der Waals surface area (Å²) in [6.45, 7) is 2.07. The SMILES string of the molecule is N#CN1CC[C@H](CNC(=O)c2cc(-c3ccccc3)ccn2)C1. The zero-order valence-electron chi connectivity index (χ0n) is 12.8. The first-order chi connectivity index (χ1) is 11.3. The number of nitriles is 1. The topological polar surface area (TPSA) is 69.0 Å². The summed E-state index contributed by atoms with van der Waals surface area (Å²) in [5.74, 6) is 0.161. The molecule has 1 amide bonds. The lowest BCUT2D eigenvalue weighted by Gasteiger charge is -2.11. The number of aromatic nitrogens is 1. The van der Waals surface area contributed by atoms with E-state index in [4.69, 9.17) is 5.26 Å². The molecule has 2 aromatic rings. The molecule has 1 fully saturated rings. The van der Waals surface area contributed by atoms with Gasteiger partial charge in [-0.25, -0.2) is 0 Å². The molecule has 2 heterocycles. The maximum absolute atomic E-state index is 12.3. The number of rotatable bonds is 4. The van der Waals surface area contributed by atoms with E-state index in [2.05, 4.69) is 16.5 Å². The van der Waals surface area contributed by atoms with E-state index in [9.17, 15) is 4.79 Å². The van der Waals surface area contributed by atoms with Crippen LogP contribution < -0.4 is 5.32 Å². The Morgan fingerprint density at radius 2 is 2.13 bits per heavy atom. The van der Waals surface area contributed by atoms with Crippen molar-refractivity contribution in [2.24, 2.45) is 5.92 Å². The third kappa shape index (κ3) is 3.67. The number of nitrogens with one attached hydrogen (secondary N) is 1. The molecule has 1 N–H and O–H groups in total. The van der Waals surface area contributed by atoms with Crippen molar-refractivity contribution in [3.8, 4) is 17.3 Å². The fraction of sp³-hybridized carbons (Fsp3) is 0.278. The Bertz CT molecular complexity index is 723. The van der Waals surface area contributed by atoms with Gasteiger partial charge in [-0.1, -0.05) is 30.3 Å². The summed E-state index contributed by atoms with van der Waals surface area (Å²) in [5, 5.41) is 11.8. The molecule has 1 aliphatic rings. The van der Waals surface area contributed by atoms with Crippen LogP contribution in [0.1, 0.15) is 16.9 Å². The van der Waals surface area contributed by atoms with Gasteiger partial charge in [0, 0.05) is 25.8 Å². The van der Waals surface area contributed by atoms with Gasteiger partial charge in [-0.3, -0.25) is 9.78 Å². The summed E-state index contributed by atoms with van der Waals surface area (Å²) in [6, 6.07) is 13.6. The molecule has 0 radical (unpaired) electrons. The summed E-state index contributed by atoms with van der Waals surface area (Å²) >= 11 is 0. The highest BCUT2D eigenvalue weighted by Crippen LogP contribution is 2.19. The first-order valence-electron chi connectivity index (χ1n) is 7.70. The second-order valence-electron chi connectivity index (χ2n) is 5.71. The number of hydrogen-bond acceptors (Lipinski definition) is 4. The number of nitrogens with zero attached hydrogens (tertiary/aromatic N) is 3. The van der Waals surface area contributed by atoms with E-state index < -0.39 is 0 Å². The van der Waals surface area contributed by atoms with Gasteiger partial charge in [0.15, 0.2) is 6.19 Å². The molecule has 1 atom stereocenters. The number of amides is 1. The standard InChI is InChI=1S/C18H18N4O/c19-13-22-9-7-14(12-22)11-21-18(23)17-10-16(6-8-20-17)15-4-2-1-3-5-15/h1-6,8,10,14H,7,9,11-12H2,(H,21,23)/t14-/m1/s1. The van der Waals surface area contributed by atoms with Gasteiger partial charge in [0.05, 0.1) is 0 Å². The van der Waals surface area contributed by atoms with Crippen molar-refractivity contribution in [1.29, 1.82) is 5.26 Å². The van der Waals surface area contributed by atoms with Crippen LogP contribution in [0.2, 0.25) is 0 Å². The molecule has 1 aromatic carbocycles. The minimum absolute atomic E-state index is 0.168. The van der Waals surface area contributed by atoms with Gasteiger partial charge in [-0.15, -0.1) is 0 Å². The van der Waals surface area contributed by atoms with Crippen LogP contribution in [0.5, 0.6) is 0 Å². The smallest absolute Gasteiger partial charge is 0.269 e. The van der Waals surface area contributed by atoms with Crippen molar-refractivity contribution in [2.45, 2.75) is 6.42 Å². The minimum Gasteiger partial charge on any atom is -0.350 e. The van der Waals surface area contributed by atoms with Crippen LogP contribution in [0.4, 0.5) is 0 Å². The van der Waals surface area contributed by atoms with E-state index >= 15 is 0 Å². The van der Waals surface area contributed by atoms with Gasteiger partial charge in [0.25, 0.3) is 5.91 Å². The van der Waals surface area contributed by atoms with Gasteiger partial charge < -0.3 is 10.2 Å². The predicted octanol–water partition coefficient (Wildman–Crippen LogP) is 2.28. The number of hydrogen-bond donors (Lipinski definition) is 1. The highest BCUT2D eigenvalue weighted by Gasteiger charge is 2.22. The Hall–Kier alpha value is -2.87. The zero-order chi connectivity index (χ0) is 16.1. The van der Waals surface area contributed by atoms with E-state index in [0.717, 1.165) is 24.1 Å². The summed E-state index contributed by atoms with van der Waals surface area (Å²) in [5.41, 5.74) is 2.45. The van der Waals surface area contributed by atoms with Gasteiger partial charge in [0.2, 0.25) is 0 Å². The third-order valence-corrected chi connectivity index (χ3v) is 4.08. The summed E-state index contributed by atoms with van der Waals surface area (Å²) in [4.78, 5) is 18.2. The molecular formula is C18H18N4O. The van der Waals surface area contributed by atoms with E-state index in [1.54, 1.807) is 17.2 Å². The molecule has 0 saturated carbocycles. The number of carbonyl (C=O) groups is 1. The molecule has 1 aromatic heterocycles. The number of carbonyl (C=O) groups excluding carboxylic acids is 1. The first kappa shape index (κ1) is 15.0. The summed E-state index contributed by atoms with van der Waals surface area (Å²) < 4.78 is 0. The predicted molar refractivity (Wildman–Crippen MR) is 87.3 cm³/mol. The zero-order valence-corrected chi connectivity index (χ0v) is 12.8. The van der Waals surface area contributed by atoms with Crippen LogP contribution in [0, 0.1) is 17.4 Å². The van der Waals surface area contributed by atoms with Crippen LogP contribution >= 0.6 is 0 Å². The second kappa shape index (κ2) is 6.93. The van der Waals surface area contributed by atoms with E-state index in [0.29, 0.717) is 24.7 Å². The summed E-state index contributed by atoms with van der Waals surface area (Å²) in [6.07, 6.45) is 4.74.